The van der Waals surface area contributed by atoms with Crippen molar-refractivity contribution in [2.75, 3.05) is 0 Å². The number of hydrogen-bond donors (Lipinski definition) is 0. The number of benzene rings is 2. The van der Waals surface area contributed by atoms with Gasteiger partial charge >= 0.3 is 5.97 Å². The molecule has 0 radical (unpaired) electrons. The van der Waals surface area contributed by atoms with Gasteiger partial charge in [-0.1, -0.05) is 29.8 Å². The molecule has 26 heavy (non-hydrogen) atoms. The maximum absolute atomic E-state index is 12.3. The van der Waals surface area contributed by atoms with E-state index in [0.717, 1.165) is 11.6 Å². The topological polar surface area (TPSA) is 108 Å². The van der Waals surface area contributed by atoms with Crippen LogP contribution in [0.4, 0.5) is 5.69 Å². The van der Waals surface area contributed by atoms with Crippen LogP contribution in [0.2, 0.25) is 5.02 Å². The molecule has 1 heterocycles. The number of aromatic nitrogens is 2. The smallest absolute Gasteiger partial charge is 0.345 e. The minimum atomic E-state index is -0.889. The van der Waals surface area contributed by atoms with Gasteiger partial charge in [-0.3, -0.25) is 10.1 Å². The van der Waals surface area contributed by atoms with Crippen LogP contribution in [0.1, 0.15) is 29.3 Å². The number of nitro benzene ring substituents is 1. The summed E-state index contributed by atoms with van der Waals surface area (Å²) in [7, 11) is 0. The number of ether oxygens (including phenoxy) is 1. The Bertz CT molecular complexity index is 958. The van der Waals surface area contributed by atoms with Crippen LogP contribution in [0.15, 0.2) is 52.9 Å². The molecule has 1 unspecified atom stereocenters. The van der Waals surface area contributed by atoms with E-state index in [-0.39, 0.29) is 22.4 Å². The SMILES string of the molecule is CC(OC(=O)c1ccc(Cl)cc1[N+](=O)[O-])c1nnc(-c2ccccc2)o1. The van der Waals surface area contributed by atoms with E-state index >= 15 is 0 Å². The average Bonchev–Trinajstić information content (AvgIpc) is 3.12. The average molecular weight is 374 g/mol. The summed E-state index contributed by atoms with van der Waals surface area (Å²) in [5, 5.41) is 19.0. The fourth-order valence-corrected chi connectivity index (χ4v) is 2.37. The molecular weight excluding hydrogens is 362 g/mol. The summed E-state index contributed by atoms with van der Waals surface area (Å²) in [4.78, 5) is 22.7. The van der Waals surface area contributed by atoms with Crippen molar-refractivity contribution in [3.63, 3.8) is 0 Å². The van der Waals surface area contributed by atoms with Crippen molar-refractivity contribution in [1.82, 2.24) is 10.2 Å². The lowest BCUT2D eigenvalue weighted by Crippen LogP contribution is -2.11. The normalized spacial score (nSPS) is 11.8. The molecule has 0 saturated heterocycles. The number of carbonyl (C=O) groups excluding carboxylic acids is 1. The minimum absolute atomic E-state index is 0.0776. The standard InChI is InChI=1S/C17H12ClN3O5/c1-10(15-19-20-16(26-15)11-5-3-2-4-6-11)25-17(22)13-8-7-12(18)9-14(13)21(23)24/h2-10H,1H3. The van der Waals surface area contributed by atoms with Crippen molar-refractivity contribution in [2.24, 2.45) is 0 Å². The number of carbonyl (C=O) groups is 1. The first-order valence-electron chi connectivity index (χ1n) is 7.49. The van der Waals surface area contributed by atoms with Gasteiger partial charge < -0.3 is 9.15 Å². The van der Waals surface area contributed by atoms with Crippen molar-refractivity contribution >= 4 is 23.3 Å². The van der Waals surface area contributed by atoms with Gasteiger partial charge in [-0.2, -0.15) is 0 Å². The van der Waals surface area contributed by atoms with Gasteiger partial charge in [-0.25, -0.2) is 4.79 Å². The van der Waals surface area contributed by atoms with Gasteiger partial charge in [-0.05, 0) is 31.2 Å². The summed E-state index contributed by atoms with van der Waals surface area (Å²) in [6, 6.07) is 12.8. The fraction of sp³-hybridized carbons (Fsp3) is 0.118. The molecule has 0 fully saturated rings. The molecule has 1 aromatic heterocycles. The highest BCUT2D eigenvalue weighted by Crippen LogP contribution is 2.27. The third-order valence-electron chi connectivity index (χ3n) is 3.47. The number of esters is 1. The Morgan fingerprint density at radius 2 is 1.96 bits per heavy atom. The van der Waals surface area contributed by atoms with E-state index in [4.69, 9.17) is 20.8 Å². The third-order valence-corrected chi connectivity index (χ3v) is 3.70. The zero-order valence-electron chi connectivity index (χ0n) is 13.5. The highest BCUT2D eigenvalue weighted by atomic mass is 35.5. The molecule has 0 aliphatic carbocycles. The summed E-state index contributed by atoms with van der Waals surface area (Å²) < 4.78 is 10.7. The van der Waals surface area contributed by atoms with Gasteiger partial charge in [0.25, 0.3) is 11.6 Å². The largest absolute Gasteiger partial charge is 0.449 e. The van der Waals surface area contributed by atoms with E-state index in [1.807, 2.05) is 18.2 Å². The van der Waals surface area contributed by atoms with Crippen LogP contribution in [0, 0.1) is 10.1 Å². The Morgan fingerprint density at radius 3 is 2.65 bits per heavy atom. The highest BCUT2D eigenvalue weighted by Gasteiger charge is 2.26. The number of nitrogens with zero attached hydrogens (tertiary/aromatic N) is 3. The van der Waals surface area contributed by atoms with Gasteiger partial charge in [0.15, 0.2) is 6.10 Å². The molecule has 0 aliphatic heterocycles. The van der Waals surface area contributed by atoms with Crippen molar-refractivity contribution in [3.8, 4) is 11.5 Å². The summed E-state index contributed by atoms with van der Waals surface area (Å²) in [5.74, 6) is -0.532. The molecule has 3 rings (SSSR count). The predicted molar refractivity (Wildman–Crippen MR) is 91.7 cm³/mol. The molecule has 9 heteroatoms. The molecule has 8 nitrogen and oxygen atoms in total. The van der Waals surface area contributed by atoms with Gasteiger partial charge in [0, 0.05) is 16.7 Å². The lowest BCUT2D eigenvalue weighted by atomic mass is 10.2. The molecular formula is C17H12ClN3O5. The van der Waals surface area contributed by atoms with E-state index in [9.17, 15) is 14.9 Å². The zero-order chi connectivity index (χ0) is 18.7. The number of rotatable bonds is 5. The molecule has 0 aliphatic rings. The molecule has 0 N–H and O–H groups in total. The molecule has 0 amide bonds. The number of nitro groups is 1. The summed E-state index contributed by atoms with van der Waals surface area (Å²) in [5.41, 5.74) is 0.0670. The summed E-state index contributed by atoms with van der Waals surface area (Å²) in [6.07, 6.45) is -0.886. The second-order valence-electron chi connectivity index (χ2n) is 5.28. The Kier molecular flexibility index (Phi) is 4.94. The first-order chi connectivity index (χ1) is 12.5. The summed E-state index contributed by atoms with van der Waals surface area (Å²) in [6.45, 7) is 1.53. The summed E-state index contributed by atoms with van der Waals surface area (Å²) >= 11 is 5.74. The zero-order valence-corrected chi connectivity index (χ0v) is 14.2. The quantitative estimate of drug-likeness (QED) is 0.374. The van der Waals surface area contributed by atoms with E-state index in [2.05, 4.69) is 10.2 Å². The number of hydrogen-bond acceptors (Lipinski definition) is 7. The monoisotopic (exact) mass is 373 g/mol. The molecule has 1 atom stereocenters. The van der Waals surface area contributed by atoms with Crippen LogP contribution in [-0.2, 0) is 4.74 Å². The predicted octanol–water partition coefficient (Wildman–Crippen LogP) is 4.22. The van der Waals surface area contributed by atoms with E-state index < -0.39 is 22.7 Å². The highest BCUT2D eigenvalue weighted by molar-refractivity contribution is 6.31. The molecule has 132 valence electrons. The van der Waals surface area contributed by atoms with Crippen molar-refractivity contribution in [3.05, 3.63) is 75.1 Å². The van der Waals surface area contributed by atoms with Gasteiger partial charge in [0.05, 0.1) is 4.92 Å². The van der Waals surface area contributed by atoms with Crippen LogP contribution in [0.3, 0.4) is 0 Å². The Labute approximate surface area is 152 Å². The van der Waals surface area contributed by atoms with Gasteiger partial charge in [0.1, 0.15) is 5.56 Å². The minimum Gasteiger partial charge on any atom is -0.449 e. The first-order valence-corrected chi connectivity index (χ1v) is 7.87. The van der Waals surface area contributed by atoms with Crippen molar-refractivity contribution < 1.29 is 18.9 Å². The molecule has 0 spiro atoms. The Balaban J connectivity index is 1.78. The second-order valence-corrected chi connectivity index (χ2v) is 5.71. The van der Waals surface area contributed by atoms with Crippen molar-refractivity contribution in [1.29, 1.82) is 0 Å². The maximum Gasteiger partial charge on any atom is 0.345 e. The Morgan fingerprint density at radius 1 is 1.23 bits per heavy atom. The molecule has 0 saturated carbocycles. The van der Waals surface area contributed by atoms with E-state index in [1.54, 1.807) is 12.1 Å². The third kappa shape index (κ3) is 3.70. The van der Waals surface area contributed by atoms with Crippen LogP contribution in [-0.4, -0.2) is 21.1 Å². The van der Waals surface area contributed by atoms with Gasteiger partial charge in [-0.15, -0.1) is 10.2 Å². The molecule has 2 aromatic carbocycles. The molecule has 3 aromatic rings. The fourth-order valence-electron chi connectivity index (χ4n) is 2.20. The van der Waals surface area contributed by atoms with Crippen LogP contribution >= 0.6 is 11.6 Å². The van der Waals surface area contributed by atoms with E-state index in [0.29, 0.717) is 0 Å². The second kappa shape index (κ2) is 7.32. The Hall–Kier alpha value is -3.26. The van der Waals surface area contributed by atoms with Crippen LogP contribution < -0.4 is 0 Å². The first kappa shape index (κ1) is 17.6. The van der Waals surface area contributed by atoms with Crippen LogP contribution in [0.5, 0.6) is 0 Å². The van der Waals surface area contributed by atoms with Crippen molar-refractivity contribution in [2.45, 2.75) is 13.0 Å². The van der Waals surface area contributed by atoms with Crippen LogP contribution in [0.25, 0.3) is 11.5 Å². The van der Waals surface area contributed by atoms with Gasteiger partial charge in [0.2, 0.25) is 5.89 Å². The lowest BCUT2D eigenvalue weighted by molar-refractivity contribution is -0.385. The lowest BCUT2D eigenvalue weighted by Gasteiger charge is -2.09. The molecule has 0 bridgehead atoms. The van der Waals surface area contributed by atoms with E-state index in [1.165, 1.54) is 19.1 Å². The number of halogens is 1. The maximum atomic E-state index is 12.3.